The highest BCUT2D eigenvalue weighted by Gasteiger charge is 2.15. The lowest BCUT2D eigenvalue weighted by Gasteiger charge is -2.20. The Balaban J connectivity index is 1.40. The van der Waals surface area contributed by atoms with Crippen molar-refractivity contribution in [3.8, 4) is 0 Å². The van der Waals surface area contributed by atoms with Crippen LogP contribution in [0.4, 0.5) is 5.82 Å². The summed E-state index contributed by atoms with van der Waals surface area (Å²) in [5.74, 6) is 0.597. The Morgan fingerprint density at radius 1 is 1.15 bits per heavy atom. The zero-order chi connectivity index (χ0) is 18.9. The van der Waals surface area contributed by atoms with Gasteiger partial charge in [0.1, 0.15) is 0 Å². The first-order valence-corrected chi connectivity index (χ1v) is 9.54. The molecule has 1 aliphatic carbocycles. The van der Waals surface area contributed by atoms with Gasteiger partial charge in [0.25, 0.3) is 0 Å². The van der Waals surface area contributed by atoms with Crippen molar-refractivity contribution in [1.29, 1.82) is 0 Å². The van der Waals surface area contributed by atoms with Crippen molar-refractivity contribution in [2.24, 2.45) is 5.92 Å². The molecule has 0 unspecified atom stereocenters. The summed E-state index contributed by atoms with van der Waals surface area (Å²) in [6.45, 7) is -0.0945. The van der Waals surface area contributed by atoms with Crippen LogP contribution in [0.25, 0.3) is 6.08 Å². The van der Waals surface area contributed by atoms with Crippen LogP contribution >= 0.6 is 0 Å². The fourth-order valence-electron chi connectivity index (χ4n) is 3.38. The summed E-state index contributed by atoms with van der Waals surface area (Å²) in [6, 6.07) is 11.4. The Bertz CT molecular complexity index is 776. The first kappa shape index (κ1) is 18.9. The number of carbonyl (C=O) groups excluding carboxylic acids is 2. The number of nitrogens with one attached hydrogen (secondary N) is 3. The Hall–Kier alpha value is -2.89. The largest absolute Gasteiger partial charge is 0.343 e. The van der Waals surface area contributed by atoms with E-state index in [9.17, 15) is 9.59 Å². The highest BCUT2D eigenvalue weighted by atomic mass is 16.2. The highest BCUT2D eigenvalue weighted by molar-refractivity contribution is 5.97. The molecule has 6 nitrogen and oxygen atoms in total. The summed E-state index contributed by atoms with van der Waals surface area (Å²) in [7, 11) is 0. The van der Waals surface area contributed by atoms with Gasteiger partial charge >= 0.3 is 0 Å². The summed E-state index contributed by atoms with van der Waals surface area (Å²) in [5.41, 5.74) is 1.98. The van der Waals surface area contributed by atoms with Crippen molar-refractivity contribution in [3.05, 3.63) is 53.7 Å². The van der Waals surface area contributed by atoms with Gasteiger partial charge in [-0.2, -0.15) is 5.10 Å². The summed E-state index contributed by atoms with van der Waals surface area (Å²) < 4.78 is 0. The van der Waals surface area contributed by atoms with E-state index in [2.05, 4.69) is 20.8 Å². The number of hydrogen-bond donors (Lipinski definition) is 3. The van der Waals surface area contributed by atoms with Crippen LogP contribution in [0.2, 0.25) is 0 Å². The number of benzene rings is 1. The van der Waals surface area contributed by atoms with Crippen LogP contribution in [-0.4, -0.2) is 28.6 Å². The summed E-state index contributed by atoms with van der Waals surface area (Å²) >= 11 is 0. The summed E-state index contributed by atoms with van der Waals surface area (Å²) in [4.78, 5) is 23.8. The van der Waals surface area contributed by atoms with E-state index in [1.54, 1.807) is 6.08 Å². The zero-order valence-corrected chi connectivity index (χ0v) is 15.4. The van der Waals surface area contributed by atoms with Gasteiger partial charge in [-0.25, -0.2) is 0 Å². The van der Waals surface area contributed by atoms with Gasteiger partial charge in [0, 0.05) is 17.8 Å². The van der Waals surface area contributed by atoms with Gasteiger partial charge in [0.2, 0.25) is 11.8 Å². The van der Waals surface area contributed by atoms with E-state index in [0.717, 1.165) is 17.7 Å². The first-order chi connectivity index (χ1) is 13.2. The van der Waals surface area contributed by atoms with Crippen LogP contribution in [0.5, 0.6) is 0 Å². The number of H-pyrrole nitrogens is 1. The standard InChI is InChI=1S/C21H26N4O2/c26-20(12-11-16-7-3-1-4-8-16)22-15-21(27)23-19-14-18(24-25-19)13-17-9-5-2-6-10-17/h1,3-4,7-8,11-12,14,17H,2,5-6,9-10,13,15H2,(H,22,26)(H2,23,24,25,27)/b12-11+. The van der Waals surface area contributed by atoms with E-state index < -0.39 is 0 Å². The molecule has 3 N–H and O–H groups in total. The van der Waals surface area contributed by atoms with Crippen LogP contribution in [0.15, 0.2) is 42.5 Å². The van der Waals surface area contributed by atoms with E-state index in [0.29, 0.717) is 11.7 Å². The summed E-state index contributed by atoms with van der Waals surface area (Å²) in [6.07, 6.45) is 10.6. The molecule has 142 valence electrons. The molecule has 27 heavy (non-hydrogen) atoms. The number of hydrogen-bond acceptors (Lipinski definition) is 3. The third-order valence-electron chi connectivity index (χ3n) is 4.78. The second kappa shape index (κ2) is 9.71. The molecule has 0 spiro atoms. The van der Waals surface area contributed by atoms with Crippen molar-refractivity contribution in [1.82, 2.24) is 15.5 Å². The van der Waals surface area contributed by atoms with Crippen LogP contribution in [0, 0.1) is 5.92 Å². The average Bonchev–Trinajstić information content (AvgIpc) is 3.13. The lowest BCUT2D eigenvalue weighted by atomic mass is 9.86. The maximum atomic E-state index is 12.0. The minimum Gasteiger partial charge on any atom is -0.343 e. The molecule has 1 fully saturated rings. The van der Waals surface area contributed by atoms with Crippen molar-refractivity contribution < 1.29 is 9.59 Å². The molecular weight excluding hydrogens is 340 g/mol. The molecule has 0 atom stereocenters. The first-order valence-electron chi connectivity index (χ1n) is 9.54. The van der Waals surface area contributed by atoms with Crippen LogP contribution < -0.4 is 10.6 Å². The predicted octanol–water partition coefficient (Wildman–Crippen LogP) is 3.30. The number of amides is 2. The molecule has 1 heterocycles. The topological polar surface area (TPSA) is 86.9 Å². The zero-order valence-electron chi connectivity index (χ0n) is 15.4. The van der Waals surface area contributed by atoms with Crippen molar-refractivity contribution in [3.63, 3.8) is 0 Å². The monoisotopic (exact) mass is 366 g/mol. The lowest BCUT2D eigenvalue weighted by Crippen LogP contribution is -2.31. The molecule has 0 saturated heterocycles. The summed E-state index contributed by atoms with van der Waals surface area (Å²) in [5, 5.41) is 12.4. The molecule has 6 heteroatoms. The molecular formula is C21H26N4O2. The molecule has 0 radical (unpaired) electrons. The number of anilines is 1. The van der Waals surface area contributed by atoms with Crippen LogP contribution in [0.1, 0.15) is 43.4 Å². The van der Waals surface area contributed by atoms with Crippen molar-refractivity contribution in [2.75, 3.05) is 11.9 Å². The minimum absolute atomic E-state index is 0.0945. The minimum atomic E-state index is -0.311. The van der Waals surface area contributed by atoms with Crippen LogP contribution in [-0.2, 0) is 16.0 Å². The Morgan fingerprint density at radius 2 is 1.93 bits per heavy atom. The molecule has 3 rings (SSSR count). The van der Waals surface area contributed by atoms with E-state index in [-0.39, 0.29) is 18.4 Å². The van der Waals surface area contributed by atoms with E-state index in [4.69, 9.17) is 0 Å². The van der Waals surface area contributed by atoms with Gasteiger partial charge < -0.3 is 10.6 Å². The van der Waals surface area contributed by atoms with Crippen molar-refractivity contribution >= 4 is 23.7 Å². The lowest BCUT2D eigenvalue weighted by molar-refractivity contribution is -0.121. The number of aromatic nitrogens is 2. The number of nitrogens with zero attached hydrogens (tertiary/aromatic N) is 1. The second-order valence-electron chi connectivity index (χ2n) is 7.00. The molecule has 1 aromatic heterocycles. The van der Waals surface area contributed by atoms with Gasteiger partial charge in [-0.05, 0) is 24.0 Å². The molecule has 2 aromatic rings. The van der Waals surface area contributed by atoms with Gasteiger partial charge in [0.15, 0.2) is 5.82 Å². The second-order valence-corrected chi connectivity index (χ2v) is 7.00. The van der Waals surface area contributed by atoms with Gasteiger partial charge in [-0.15, -0.1) is 0 Å². The third kappa shape index (κ3) is 6.40. The number of aromatic amines is 1. The molecule has 0 aliphatic heterocycles. The van der Waals surface area contributed by atoms with Gasteiger partial charge in [-0.3, -0.25) is 14.7 Å². The highest BCUT2D eigenvalue weighted by Crippen LogP contribution is 2.26. The predicted molar refractivity (Wildman–Crippen MR) is 106 cm³/mol. The number of rotatable bonds is 7. The fourth-order valence-corrected chi connectivity index (χ4v) is 3.38. The molecule has 1 aliphatic rings. The number of carbonyl (C=O) groups is 2. The third-order valence-corrected chi connectivity index (χ3v) is 4.78. The smallest absolute Gasteiger partial charge is 0.244 e. The Labute approximate surface area is 159 Å². The SMILES string of the molecule is O=C(/C=C/c1ccccc1)NCC(=O)Nc1cc(CC2CCCCC2)[nH]n1. The average molecular weight is 366 g/mol. The molecule has 1 aromatic carbocycles. The quantitative estimate of drug-likeness (QED) is 0.657. The maximum absolute atomic E-state index is 12.0. The fraction of sp³-hybridized carbons (Fsp3) is 0.381. The van der Waals surface area contributed by atoms with E-state index in [1.165, 1.54) is 38.2 Å². The Morgan fingerprint density at radius 3 is 2.70 bits per heavy atom. The molecule has 1 saturated carbocycles. The molecule has 0 bridgehead atoms. The maximum Gasteiger partial charge on any atom is 0.244 e. The normalized spacial score (nSPS) is 15.0. The van der Waals surface area contributed by atoms with Crippen LogP contribution in [0.3, 0.4) is 0 Å². The van der Waals surface area contributed by atoms with E-state index >= 15 is 0 Å². The Kier molecular flexibility index (Phi) is 6.79. The van der Waals surface area contributed by atoms with Gasteiger partial charge in [-0.1, -0.05) is 62.4 Å². The molecule has 2 amide bonds. The van der Waals surface area contributed by atoms with Gasteiger partial charge in [0.05, 0.1) is 6.54 Å². The van der Waals surface area contributed by atoms with E-state index in [1.807, 2.05) is 36.4 Å². The van der Waals surface area contributed by atoms with Crippen molar-refractivity contribution in [2.45, 2.75) is 38.5 Å².